The molecule has 0 aromatic carbocycles. The molecule has 2 aliphatic rings. The lowest BCUT2D eigenvalue weighted by atomic mass is 9.82. The number of pyridine rings is 1. The first-order chi connectivity index (χ1) is 11.6. The molecule has 3 rings (SSSR count). The number of piperidine rings is 1. The molecule has 2 amide bonds. The van der Waals surface area contributed by atoms with Crippen molar-refractivity contribution in [1.29, 1.82) is 0 Å². The van der Waals surface area contributed by atoms with Crippen molar-refractivity contribution in [3.05, 3.63) is 23.5 Å². The number of anilines is 1. The summed E-state index contributed by atoms with van der Waals surface area (Å²) in [6.07, 6.45) is 7.91. The van der Waals surface area contributed by atoms with Gasteiger partial charge in [-0.25, -0.2) is 4.79 Å². The fraction of sp³-hybridized carbons (Fsp3) is 0.684. The van der Waals surface area contributed by atoms with E-state index in [0.717, 1.165) is 23.4 Å². The summed E-state index contributed by atoms with van der Waals surface area (Å²) in [5.41, 5.74) is 2.81. The number of carbonyl (C=O) groups is 1. The summed E-state index contributed by atoms with van der Waals surface area (Å²) in [6, 6.07) is 1.87. The summed E-state index contributed by atoms with van der Waals surface area (Å²) in [5, 5.41) is 13.4. The Hall–Kier alpha value is -1.62. The van der Waals surface area contributed by atoms with Gasteiger partial charge in [0.1, 0.15) is 0 Å². The number of rotatable bonds is 3. The van der Waals surface area contributed by atoms with Crippen molar-refractivity contribution in [3.63, 3.8) is 0 Å². The number of aliphatic hydroxyl groups is 1. The molecule has 5 nitrogen and oxygen atoms in total. The van der Waals surface area contributed by atoms with Crippen LogP contribution >= 0.6 is 0 Å². The van der Waals surface area contributed by atoms with Crippen LogP contribution in [0.25, 0.3) is 0 Å². The minimum Gasteiger partial charge on any atom is -0.393 e. The van der Waals surface area contributed by atoms with Crippen molar-refractivity contribution in [3.8, 4) is 0 Å². The number of carbonyl (C=O) groups excluding carboxylic acids is 1. The zero-order valence-electron chi connectivity index (χ0n) is 14.8. The molecule has 1 aromatic rings. The molecule has 2 fully saturated rings. The number of aryl methyl sites for hydroxylation is 2. The predicted molar refractivity (Wildman–Crippen MR) is 95.0 cm³/mol. The van der Waals surface area contributed by atoms with Crippen LogP contribution in [0.1, 0.15) is 50.3 Å². The largest absolute Gasteiger partial charge is 0.393 e. The van der Waals surface area contributed by atoms with E-state index in [2.05, 4.69) is 10.3 Å². The lowest BCUT2D eigenvalue weighted by molar-refractivity contribution is 0.0144. The molecule has 2 heterocycles. The summed E-state index contributed by atoms with van der Waals surface area (Å²) < 4.78 is 0. The van der Waals surface area contributed by atoms with E-state index in [-0.39, 0.29) is 18.1 Å². The van der Waals surface area contributed by atoms with Crippen molar-refractivity contribution >= 4 is 11.7 Å². The van der Waals surface area contributed by atoms with Crippen molar-refractivity contribution in [2.75, 3.05) is 18.4 Å². The summed E-state index contributed by atoms with van der Waals surface area (Å²) in [7, 11) is 0. The van der Waals surface area contributed by atoms with E-state index in [1.165, 1.54) is 25.7 Å². The fourth-order valence-electron chi connectivity index (χ4n) is 4.24. The van der Waals surface area contributed by atoms with Crippen LogP contribution in [-0.4, -0.2) is 40.2 Å². The van der Waals surface area contributed by atoms with Gasteiger partial charge in [-0.2, -0.15) is 0 Å². The van der Waals surface area contributed by atoms with Gasteiger partial charge in [-0.05, 0) is 37.3 Å². The quantitative estimate of drug-likeness (QED) is 0.892. The minimum atomic E-state index is -0.261. The van der Waals surface area contributed by atoms with E-state index in [1.807, 2.05) is 24.8 Å². The molecular weight excluding hydrogens is 302 g/mol. The number of nitrogens with zero attached hydrogens (tertiary/aromatic N) is 2. The Labute approximate surface area is 144 Å². The van der Waals surface area contributed by atoms with Crippen molar-refractivity contribution in [1.82, 2.24) is 9.88 Å². The van der Waals surface area contributed by atoms with Crippen LogP contribution in [-0.2, 0) is 6.42 Å². The molecule has 0 radical (unpaired) electrons. The summed E-state index contributed by atoms with van der Waals surface area (Å²) >= 11 is 0. The zero-order chi connectivity index (χ0) is 17.1. The number of hydrogen-bond acceptors (Lipinski definition) is 3. The molecule has 1 saturated heterocycles. The van der Waals surface area contributed by atoms with Gasteiger partial charge >= 0.3 is 6.03 Å². The monoisotopic (exact) mass is 331 g/mol. The molecule has 0 unspecified atom stereocenters. The second-order valence-electron chi connectivity index (χ2n) is 7.24. The first-order valence-corrected chi connectivity index (χ1v) is 9.28. The number of aromatic nitrogens is 1. The highest BCUT2D eigenvalue weighted by molar-refractivity contribution is 5.90. The summed E-state index contributed by atoms with van der Waals surface area (Å²) in [4.78, 5) is 19.0. The smallest absolute Gasteiger partial charge is 0.321 e. The first kappa shape index (κ1) is 17.2. The van der Waals surface area contributed by atoms with Crippen molar-refractivity contribution in [2.24, 2.45) is 11.8 Å². The second kappa shape index (κ2) is 7.51. The van der Waals surface area contributed by atoms with Gasteiger partial charge in [0.05, 0.1) is 17.5 Å². The third-order valence-electron chi connectivity index (χ3n) is 5.72. The van der Waals surface area contributed by atoms with Crippen LogP contribution in [0, 0.1) is 18.8 Å². The molecule has 132 valence electrons. The molecule has 1 aliphatic carbocycles. The van der Waals surface area contributed by atoms with E-state index >= 15 is 0 Å². The number of amides is 2. The van der Waals surface area contributed by atoms with Crippen LogP contribution in [0.2, 0.25) is 0 Å². The highest BCUT2D eigenvalue weighted by Gasteiger charge is 2.36. The van der Waals surface area contributed by atoms with Gasteiger partial charge in [-0.15, -0.1) is 0 Å². The third-order valence-corrected chi connectivity index (χ3v) is 5.72. The second-order valence-corrected chi connectivity index (χ2v) is 7.24. The highest BCUT2D eigenvalue weighted by Crippen LogP contribution is 2.36. The maximum Gasteiger partial charge on any atom is 0.321 e. The van der Waals surface area contributed by atoms with E-state index in [1.54, 1.807) is 6.20 Å². The van der Waals surface area contributed by atoms with Gasteiger partial charge in [0, 0.05) is 25.2 Å². The van der Waals surface area contributed by atoms with Crippen LogP contribution < -0.4 is 5.32 Å². The number of aliphatic hydroxyl groups excluding tert-OH is 1. The Bertz CT molecular complexity index is 584. The molecule has 0 bridgehead atoms. The Morgan fingerprint density at radius 1 is 1.38 bits per heavy atom. The normalized spacial score (nSPS) is 25.0. The topological polar surface area (TPSA) is 65.5 Å². The summed E-state index contributed by atoms with van der Waals surface area (Å²) in [5.74, 6) is 0.801. The minimum absolute atomic E-state index is 0.0595. The number of hydrogen-bond donors (Lipinski definition) is 2. The molecule has 1 saturated carbocycles. The van der Waals surface area contributed by atoms with E-state index < -0.39 is 0 Å². The number of likely N-dealkylation sites (tertiary alicyclic amines) is 1. The van der Waals surface area contributed by atoms with Crippen LogP contribution in [0.4, 0.5) is 10.5 Å². The average Bonchev–Trinajstić information content (AvgIpc) is 3.11. The van der Waals surface area contributed by atoms with Gasteiger partial charge in [-0.1, -0.05) is 32.6 Å². The highest BCUT2D eigenvalue weighted by atomic mass is 16.3. The Morgan fingerprint density at radius 3 is 2.83 bits per heavy atom. The van der Waals surface area contributed by atoms with Crippen LogP contribution in [0.15, 0.2) is 12.3 Å². The lowest BCUT2D eigenvalue weighted by Crippen LogP contribution is -2.49. The lowest BCUT2D eigenvalue weighted by Gasteiger charge is -2.39. The van der Waals surface area contributed by atoms with Crippen LogP contribution in [0.3, 0.4) is 0 Å². The van der Waals surface area contributed by atoms with E-state index in [4.69, 9.17) is 0 Å². The van der Waals surface area contributed by atoms with Crippen LogP contribution in [0.5, 0.6) is 0 Å². The SMILES string of the molecule is CCc1nccc(C)c1NC(=O)N1CC[C@@H](O)[C@H](C2CCCC2)C1. The number of urea groups is 1. The maximum atomic E-state index is 12.8. The van der Waals surface area contributed by atoms with Gasteiger partial charge in [0.2, 0.25) is 0 Å². The number of nitrogens with one attached hydrogen (secondary N) is 1. The molecule has 1 aromatic heterocycles. The van der Waals surface area contributed by atoms with Gasteiger partial charge in [-0.3, -0.25) is 4.98 Å². The third kappa shape index (κ3) is 3.56. The molecule has 2 N–H and O–H groups in total. The zero-order valence-corrected chi connectivity index (χ0v) is 14.8. The van der Waals surface area contributed by atoms with Crippen molar-refractivity contribution in [2.45, 2.75) is 58.5 Å². The van der Waals surface area contributed by atoms with E-state index in [9.17, 15) is 9.90 Å². The molecular formula is C19H29N3O2. The Kier molecular flexibility index (Phi) is 5.39. The molecule has 1 aliphatic heterocycles. The molecule has 24 heavy (non-hydrogen) atoms. The van der Waals surface area contributed by atoms with Gasteiger partial charge in [0.15, 0.2) is 0 Å². The average molecular weight is 331 g/mol. The van der Waals surface area contributed by atoms with E-state index in [0.29, 0.717) is 25.4 Å². The van der Waals surface area contributed by atoms with Gasteiger partial charge < -0.3 is 15.3 Å². The van der Waals surface area contributed by atoms with Crippen molar-refractivity contribution < 1.29 is 9.90 Å². The van der Waals surface area contributed by atoms with Gasteiger partial charge in [0.25, 0.3) is 0 Å². The fourth-order valence-corrected chi connectivity index (χ4v) is 4.24. The molecule has 2 atom stereocenters. The predicted octanol–water partition coefficient (Wildman–Crippen LogP) is 3.36. The standard InChI is InChI=1S/C19H29N3O2/c1-3-16-18(13(2)8-10-20-16)21-19(24)22-11-9-17(23)15(12-22)14-6-4-5-7-14/h8,10,14-15,17,23H,3-7,9,11-12H2,1-2H3,(H,21,24)/t15-,17+/m0/s1. The Morgan fingerprint density at radius 2 is 2.12 bits per heavy atom. The first-order valence-electron chi connectivity index (χ1n) is 9.28. The maximum absolute atomic E-state index is 12.8. The molecule has 0 spiro atoms. The molecule has 5 heteroatoms. The Balaban J connectivity index is 1.69. The summed E-state index contributed by atoms with van der Waals surface area (Å²) in [6.45, 7) is 5.33.